The third kappa shape index (κ3) is 3.08. The van der Waals surface area contributed by atoms with E-state index in [9.17, 15) is 13.6 Å². The number of nitrogens with zero attached hydrogens (tertiary/aromatic N) is 1. The van der Waals surface area contributed by atoms with Crippen molar-refractivity contribution < 1.29 is 13.6 Å². The molecule has 0 unspecified atom stereocenters. The van der Waals surface area contributed by atoms with E-state index in [1.165, 1.54) is 6.20 Å². The van der Waals surface area contributed by atoms with Crippen LogP contribution < -0.4 is 5.32 Å². The molecule has 1 N–H and O–H groups in total. The Morgan fingerprint density at radius 1 is 1.32 bits per heavy atom. The summed E-state index contributed by atoms with van der Waals surface area (Å²) in [5.74, 6) is -2.55. The van der Waals surface area contributed by atoms with Gasteiger partial charge in [-0.1, -0.05) is 11.6 Å². The summed E-state index contributed by atoms with van der Waals surface area (Å²) in [5.41, 5.74) is -0.0834. The van der Waals surface area contributed by atoms with Gasteiger partial charge in [0.1, 0.15) is 16.2 Å². The summed E-state index contributed by atoms with van der Waals surface area (Å²) < 4.78 is 27.2. The molecule has 3 nitrogen and oxygen atoms in total. The molecular weight excluding hydrogens is 341 g/mol. The molecule has 1 heterocycles. The highest BCUT2D eigenvalue weighted by atomic mass is 79.9. The van der Waals surface area contributed by atoms with Gasteiger partial charge in [-0.15, -0.1) is 0 Å². The van der Waals surface area contributed by atoms with E-state index >= 15 is 0 Å². The number of rotatable bonds is 2. The minimum absolute atomic E-state index is 0.349. The lowest BCUT2D eigenvalue weighted by atomic mass is 10.2. The van der Waals surface area contributed by atoms with Gasteiger partial charge in [0.05, 0.1) is 16.3 Å². The molecule has 7 heteroatoms. The van der Waals surface area contributed by atoms with E-state index in [2.05, 4.69) is 26.2 Å². The molecule has 19 heavy (non-hydrogen) atoms. The first-order chi connectivity index (χ1) is 8.99. The van der Waals surface area contributed by atoms with Gasteiger partial charge in [0.15, 0.2) is 0 Å². The van der Waals surface area contributed by atoms with E-state index in [0.29, 0.717) is 10.3 Å². The third-order valence-corrected chi connectivity index (χ3v) is 3.18. The lowest BCUT2D eigenvalue weighted by Gasteiger charge is -2.07. The van der Waals surface area contributed by atoms with Gasteiger partial charge in [-0.25, -0.2) is 13.8 Å². The zero-order valence-electron chi connectivity index (χ0n) is 9.25. The second kappa shape index (κ2) is 5.63. The predicted molar refractivity (Wildman–Crippen MR) is 71.3 cm³/mol. The van der Waals surface area contributed by atoms with Gasteiger partial charge in [-0.2, -0.15) is 0 Å². The van der Waals surface area contributed by atoms with E-state index in [-0.39, 0.29) is 5.02 Å². The van der Waals surface area contributed by atoms with Gasteiger partial charge < -0.3 is 5.32 Å². The van der Waals surface area contributed by atoms with Crippen LogP contribution in [0.4, 0.5) is 14.5 Å². The first-order valence-corrected chi connectivity index (χ1v) is 6.22. The highest BCUT2D eigenvalue weighted by Crippen LogP contribution is 2.22. The highest BCUT2D eigenvalue weighted by Gasteiger charge is 2.16. The first-order valence-electron chi connectivity index (χ1n) is 5.05. The summed E-state index contributed by atoms with van der Waals surface area (Å²) in [7, 11) is 0. The van der Waals surface area contributed by atoms with E-state index in [1.807, 2.05) is 0 Å². The maximum atomic E-state index is 13.5. The molecule has 0 aliphatic heterocycles. The van der Waals surface area contributed by atoms with E-state index in [0.717, 1.165) is 12.1 Å². The van der Waals surface area contributed by atoms with Crippen molar-refractivity contribution in [1.82, 2.24) is 4.98 Å². The van der Waals surface area contributed by atoms with Gasteiger partial charge in [-0.05, 0) is 40.2 Å². The van der Waals surface area contributed by atoms with Crippen molar-refractivity contribution in [2.24, 2.45) is 0 Å². The van der Waals surface area contributed by atoms with Crippen LogP contribution in [0.3, 0.4) is 0 Å². The zero-order chi connectivity index (χ0) is 14.0. The Hall–Kier alpha value is -1.53. The minimum Gasteiger partial charge on any atom is -0.320 e. The molecule has 0 aliphatic rings. The molecule has 0 aliphatic carbocycles. The molecule has 0 bridgehead atoms. The summed E-state index contributed by atoms with van der Waals surface area (Å²) in [6.45, 7) is 0. The molecular formula is C12H6BrClF2N2O. The van der Waals surface area contributed by atoms with Gasteiger partial charge in [0.2, 0.25) is 0 Å². The second-order valence-electron chi connectivity index (χ2n) is 3.54. The van der Waals surface area contributed by atoms with E-state index < -0.39 is 23.1 Å². The number of hydrogen-bond donors (Lipinski definition) is 1. The number of hydrogen-bond acceptors (Lipinski definition) is 2. The number of benzene rings is 1. The molecule has 2 rings (SSSR count). The monoisotopic (exact) mass is 346 g/mol. The Balaban J connectivity index is 2.31. The highest BCUT2D eigenvalue weighted by molar-refractivity contribution is 9.10. The van der Waals surface area contributed by atoms with E-state index in [4.69, 9.17) is 11.6 Å². The minimum atomic E-state index is -0.899. The molecule has 0 saturated heterocycles. The van der Waals surface area contributed by atoms with Crippen molar-refractivity contribution in [3.8, 4) is 0 Å². The quantitative estimate of drug-likeness (QED) is 0.658. The number of carbonyl (C=O) groups excluding carboxylic acids is 1. The Kier molecular flexibility index (Phi) is 4.11. The molecule has 1 amide bonds. The summed E-state index contributed by atoms with van der Waals surface area (Å²) in [6.07, 6.45) is 1.52. The van der Waals surface area contributed by atoms with Crippen molar-refractivity contribution in [3.63, 3.8) is 0 Å². The number of amides is 1. The standard InChI is InChI=1S/C12H6BrClF2N2O/c13-11-10(2-1-3-17-11)18-12(19)6-4-9(16)7(14)5-8(6)15/h1-5H,(H,18,19). The summed E-state index contributed by atoms with van der Waals surface area (Å²) >= 11 is 8.54. The topological polar surface area (TPSA) is 42.0 Å². The molecule has 98 valence electrons. The number of halogens is 4. The number of carbonyl (C=O) groups is 1. The van der Waals surface area contributed by atoms with Gasteiger partial charge in [0, 0.05) is 6.20 Å². The van der Waals surface area contributed by atoms with Gasteiger partial charge in [-0.3, -0.25) is 4.79 Å². The fourth-order valence-corrected chi connectivity index (χ4v) is 1.87. The Labute approximate surface area is 120 Å². The first kappa shape index (κ1) is 13.9. The van der Waals surface area contributed by atoms with E-state index in [1.54, 1.807) is 12.1 Å². The Morgan fingerprint density at radius 2 is 2.05 bits per heavy atom. The van der Waals surface area contributed by atoms with Crippen LogP contribution in [0.15, 0.2) is 35.1 Å². The van der Waals surface area contributed by atoms with Crippen LogP contribution >= 0.6 is 27.5 Å². The summed E-state index contributed by atoms with van der Waals surface area (Å²) in [6, 6.07) is 4.67. The van der Waals surface area contributed by atoms with Gasteiger partial charge in [0.25, 0.3) is 5.91 Å². The molecule has 0 atom stereocenters. The smallest absolute Gasteiger partial charge is 0.258 e. The predicted octanol–water partition coefficient (Wildman–Crippen LogP) is 4.03. The fraction of sp³-hybridized carbons (Fsp3) is 0. The third-order valence-electron chi connectivity index (χ3n) is 2.26. The lowest BCUT2D eigenvalue weighted by Crippen LogP contribution is -2.14. The Bertz CT molecular complexity index is 652. The van der Waals surface area contributed by atoms with Crippen molar-refractivity contribution in [2.75, 3.05) is 5.32 Å². The fourth-order valence-electron chi connectivity index (χ4n) is 1.37. The molecule has 2 aromatic rings. The van der Waals surface area contributed by atoms with Crippen LogP contribution in [0.2, 0.25) is 5.02 Å². The largest absolute Gasteiger partial charge is 0.320 e. The van der Waals surface area contributed by atoms with Crippen LogP contribution in [-0.2, 0) is 0 Å². The van der Waals surface area contributed by atoms with Gasteiger partial charge >= 0.3 is 0 Å². The summed E-state index contributed by atoms with van der Waals surface area (Å²) in [4.78, 5) is 15.7. The van der Waals surface area contributed by atoms with Crippen molar-refractivity contribution in [3.05, 3.63) is 57.3 Å². The molecule has 0 spiro atoms. The molecule has 0 fully saturated rings. The van der Waals surface area contributed by atoms with Crippen LogP contribution in [0.1, 0.15) is 10.4 Å². The van der Waals surface area contributed by atoms with Crippen LogP contribution in [0, 0.1) is 11.6 Å². The molecule has 1 aromatic heterocycles. The molecule has 1 aromatic carbocycles. The number of nitrogens with one attached hydrogen (secondary N) is 1. The maximum Gasteiger partial charge on any atom is 0.258 e. The zero-order valence-corrected chi connectivity index (χ0v) is 11.6. The number of anilines is 1. The average Bonchev–Trinajstić information content (AvgIpc) is 2.36. The lowest BCUT2D eigenvalue weighted by molar-refractivity contribution is 0.102. The van der Waals surface area contributed by atoms with Crippen LogP contribution in [-0.4, -0.2) is 10.9 Å². The van der Waals surface area contributed by atoms with Crippen LogP contribution in [0.5, 0.6) is 0 Å². The Morgan fingerprint density at radius 3 is 2.74 bits per heavy atom. The molecule has 0 radical (unpaired) electrons. The SMILES string of the molecule is O=C(Nc1cccnc1Br)c1cc(F)c(Cl)cc1F. The van der Waals surface area contributed by atoms with Crippen molar-refractivity contribution in [1.29, 1.82) is 0 Å². The second-order valence-corrected chi connectivity index (χ2v) is 4.70. The van der Waals surface area contributed by atoms with Crippen LogP contribution in [0.25, 0.3) is 0 Å². The van der Waals surface area contributed by atoms with Crippen molar-refractivity contribution in [2.45, 2.75) is 0 Å². The molecule has 0 saturated carbocycles. The summed E-state index contributed by atoms with van der Waals surface area (Å²) in [5, 5.41) is 2.04. The van der Waals surface area contributed by atoms with Crippen molar-refractivity contribution >= 4 is 39.1 Å². The maximum absolute atomic E-state index is 13.5. The normalized spacial score (nSPS) is 10.3. The average molecular weight is 348 g/mol. The number of pyridine rings is 1. The number of aromatic nitrogens is 1.